The maximum absolute atomic E-state index is 6.25. The van der Waals surface area contributed by atoms with Gasteiger partial charge in [-0.05, 0) is 31.2 Å². The Hall–Kier alpha value is -2.12. The van der Waals surface area contributed by atoms with E-state index in [0.29, 0.717) is 17.5 Å². The van der Waals surface area contributed by atoms with Gasteiger partial charge in [-0.25, -0.2) is 15.0 Å². The molecule has 2 aliphatic rings. The van der Waals surface area contributed by atoms with E-state index in [2.05, 4.69) is 37.0 Å². The van der Waals surface area contributed by atoms with Crippen molar-refractivity contribution in [2.75, 3.05) is 54.5 Å². The largest absolute Gasteiger partial charge is 0.378 e. The molecule has 0 amide bonds. The van der Waals surface area contributed by atoms with Crippen LogP contribution >= 0.6 is 11.6 Å². The van der Waals surface area contributed by atoms with Crippen molar-refractivity contribution in [3.05, 3.63) is 35.2 Å². The summed E-state index contributed by atoms with van der Waals surface area (Å²) in [5.41, 5.74) is 2.11. The van der Waals surface area contributed by atoms with E-state index in [1.165, 1.54) is 12.8 Å². The minimum absolute atomic E-state index is 0.588. The number of aromatic nitrogens is 3. The van der Waals surface area contributed by atoms with Crippen LogP contribution in [-0.4, -0.2) is 54.3 Å². The highest BCUT2D eigenvalue weighted by molar-refractivity contribution is 6.30. The predicted octanol–water partition coefficient (Wildman–Crippen LogP) is 3.60. The van der Waals surface area contributed by atoms with Gasteiger partial charge in [0.25, 0.3) is 0 Å². The number of pyridine rings is 1. The number of hydrogen-bond acceptors (Lipinski definition) is 7. The quantitative estimate of drug-likeness (QED) is 0.669. The van der Waals surface area contributed by atoms with Crippen molar-refractivity contribution in [2.45, 2.75) is 32.7 Å². The molecule has 8 heteroatoms. The van der Waals surface area contributed by atoms with Gasteiger partial charge in [-0.1, -0.05) is 18.5 Å². The molecule has 0 radical (unpaired) electrons. The summed E-state index contributed by atoms with van der Waals surface area (Å²) in [6.07, 6.45) is 9.22. The maximum atomic E-state index is 6.25. The van der Waals surface area contributed by atoms with Crippen LogP contribution in [0.15, 0.2) is 24.7 Å². The van der Waals surface area contributed by atoms with E-state index < -0.39 is 0 Å². The Balaban J connectivity index is 1.43. The molecule has 0 bridgehead atoms. The molecule has 1 saturated heterocycles. The number of morpholine rings is 1. The molecule has 3 heterocycles. The van der Waals surface area contributed by atoms with E-state index in [-0.39, 0.29) is 0 Å². The molecule has 0 spiro atoms. The monoisotopic (exact) mass is 416 g/mol. The summed E-state index contributed by atoms with van der Waals surface area (Å²) in [5.74, 6) is 2.42. The standard InChI is InChI=1S/C21H29ClN6O/c1-2-5-28(15-16-3-4-16)20-17(10-18(22)12-23-20)11-24-21-25-13-19(14-26-21)27-6-8-29-9-7-27/h10,12-14,16H,2-9,11,15H2,1H3,(H,24,25,26). The maximum Gasteiger partial charge on any atom is 0.222 e. The van der Waals surface area contributed by atoms with Gasteiger partial charge in [-0.2, -0.15) is 0 Å². The molecule has 0 unspecified atom stereocenters. The molecule has 0 atom stereocenters. The first-order chi connectivity index (χ1) is 14.2. The highest BCUT2D eigenvalue weighted by Crippen LogP contribution is 2.32. The van der Waals surface area contributed by atoms with Crippen molar-refractivity contribution < 1.29 is 4.74 Å². The SMILES string of the molecule is CCCN(CC1CC1)c1ncc(Cl)cc1CNc1ncc(N2CCOCC2)cn1. The fourth-order valence-corrected chi connectivity index (χ4v) is 3.81. The fraction of sp³-hybridized carbons (Fsp3) is 0.571. The first kappa shape index (κ1) is 20.2. The lowest BCUT2D eigenvalue weighted by Crippen LogP contribution is -2.36. The van der Waals surface area contributed by atoms with Gasteiger partial charge < -0.3 is 19.9 Å². The number of ether oxygens (including phenoxy) is 1. The molecule has 0 aromatic carbocycles. The third kappa shape index (κ3) is 5.48. The molecule has 156 valence electrons. The van der Waals surface area contributed by atoms with E-state index in [4.69, 9.17) is 16.3 Å². The molecule has 2 aromatic rings. The molecule has 1 aliphatic carbocycles. The molecule has 29 heavy (non-hydrogen) atoms. The van der Waals surface area contributed by atoms with Crippen LogP contribution in [0.2, 0.25) is 5.02 Å². The average molecular weight is 417 g/mol. The van der Waals surface area contributed by atoms with Crippen molar-refractivity contribution in [2.24, 2.45) is 5.92 Å². The number of hydrogen-bond donors (Lipinski definition) is 1. The number of anilines is 3. The molecule has 7 nitrogen and oxygen atoms in total. The van der Waals surface area contributed by atoms with Gasteiger partial charge >= 0.3 is 0 Å². The molecule has 2 fully saturated rings. The van der Waals surface area contributed by atoms with E-state index in [9.17, 15) is 0 Å². The zero-order chi connectivity index (χ0) is 20.1. The second-order valence-electron chi connectivity index (χ2n) is 7.74. The zero-order valence-corrected chi connectivity index (χ0v) is 17.7. The van der Waals surface area contributed by atoms with Gasteiger partial charge in [0.2, 0.25) is 5.95 Å². The lowest BCUT2D eigenvalue weighted by Gasteiger charge is -2.28. The Morgan fingerprint density at radius 1 is 1.17 bits per heavy atom. The van der Waals surface area contributed by atoms with Gasteiger partial charge in [0.05, 0.1) is 36.3 Å². The second-order valence-corrected chi connectivity index (χ2v) is 8.18. The van der Waals surface area contributed by atoms with Crippen LogP contribution in [0.1, 0.15) is 31.7 Å². The third-order valence-electron chi connectivity index (χ3n) is 5.33. The molecule has 1 saturated carbocycles. The number of nitrogens with one attached hydrogen (secondary N) is 1. The Morgan fingerprint density at radius 2 is 1.93 bits per heavy atom. The van der Waals surface area contributed by atoms with Crippen LogP contribution in [0.3, 0.4) is 0 Å². The summed E-state index contributed by atoms with van der Waals surface area (Å²) in [5, 5.41) is 3.98. The lowest BCUT2D eigenvalue weighted by atomic mass is 10.2. The highest BCUT2D eigenvalue weighted by Gasteiger charge is 2.25. The molecular weight excluding hydrogens is 388 g/mol. The fourth-order valence-electron chi connectivity index (χ4n) is 3.63. The Morgan fingerprint density at radius 3 is 2.62 bits per heavy atom. The van der Waals surface area contributed by atoms with Gasteiger partial charge in [-0.3, -0.25) is 0 Å². The van der Waals surface area contributed by atoms with Crippen LogP contribution < -0.4 is 15.1 Å². The van der Waals surface area contributed by atoms with E-state index in [0.717, 1.165) is 68.8 Å². The highest BCUT2D eigenvalue weighted by atomic mass is 35.5. The smallest absolute Gasteiger partial charge is 0.222 e. The zero-order valence-electron chi connectivity index (χ0n) is 17.0. The molecule has 2 aromatic heterocycles. The summed E-state index contributed by atoms with van der Waals surface area (Å²) in [4.78, 5) is 18.3. The third-order valence-corrected chi connectivity index (χ3v) is 5.54. The molecule has 4 rings (SSSR count). The minimum Gasteiger partial charge on any atom is -0.378 e. The average Bonchev–Trinajstić information content (AvgIpc) is 3.57. The van der Waals surface area contributed by atoms with Crippen LogP contribution in [0.5, 0.6) is 0 Å². The molecular formula is C21H29ClN6O. The first-order valence-electron chi connectivity index (χ1n) is 10.5. The summed E-state index contributed by atoms with van der Waals surface area (Å²) in [6.45, 7) is 8.12. The normalized spacial score (nSPS) is 16.7. The molecule has 1 N–H and O–H groups in total. The topological polar surface area (TPSA) is 66.4 Å². The van der Waals surface area contributed by atoms with Crippen molar-refractivity contribution in [3.8, 4) is 0 Å². The van der Waals surface area contributed by atoms with E-state index in [1.807, 2.05) is 18.5 Å². The van der Waals surface area contributed by atoms with Crippen LogP contribution in [0.4, 0.5) is 17.5 Å². The van der Waals surface area contributed by atoms with Crippen LogP contribution in [0, 0.1) is 5.92 Å². The van der Waals surface area contributed by atoms with Gasteiger partial charge in [-0.15, -0.1) is 0 Å². The van der Waals surface area contributed by atoms with E-state index in [1.54, 1.807) is 6.20 Å². The summed E-state index contributed by atoms with van der Waals surface area (Å²) in [6, 6.07) is 1.99. The second kappa shape index (κ2) is 9.59. The van der Waals surface area contributed by atoms with Crippen molar-refractivity contribution in [1.29, 1.82) is 0 Å². The number of nitrogens with zero attached hydrogens (tertiary/aromatic N) is 5. The first-order valence-corrected chi connectivity index (χ1v) is 10.9. The Kier molecular flexibility index (Phi) is 6.67. The van der Waals surface area contributed by atoms with Crippen molar-refractivity contribution in [3.63, 3.8) is 0 Å². The van der Waals surface area contributed by atoms with Crippen LogP contribution in [0.25, 0.3) is 0 Å². The predicted molar refractivity (Wildman–Crippen MR) is 117 cm³/mol. The molecule has 1 aliphatic heterocycles. The minimum atomic E-state index is 0.588. The van der Waals surface area contributed by atoms with Crippen molar-refractivity contribution in [1.82, 2.24) is 15.0 Å². The summed E-state index contributed by atoms with van der Waals surface area (Å²) in [7, 11) is 0. The lowest BCUT2D eigenvalue weighted by molar-refractivity contribution is 0.122. The summed E-state index contributed by atoms with van der Waals surface area (Å²) < 4.78 is 5.40. The Labute approximate surface area is 177 Å². The Bertz CT molecular complexity index is 792. The number of halogens is 1. The number of rotatable bonds is 9. The van der Waals surface area contributed by atoms with E-state index >= 15 is 0 Å². The van der Waals surface area contributed by atoms with Crippen LogP contribution in [-0.2, 0) is 11.3 Å². The van der Waals surface area contributed by atoms with Gasteiger partial charge in [0, 0.05) is 44.5 Å². The van der Waals surface area contributed by atoms with Gasteiger partial charge in [0.15, 0.2) is 0 Å². The summed E-state index contributed by atoms with van der Waals surface area (Å²) >= 11 is 6.25. The van der Waals surface area contributed by atoms with Gasteiger partial charge in [0.1, 0.15) is 5.82 Å². The van der Waals surface area contributed by atoms with Crippen molar-refractivity contribution >= 4 is 29.1 Å².